The number of ether oxygens (including phenoxy) is 1. The maximum atomic E-state index is 12.7. The molecular formula is C19H29N3O3. The number of methoxy groups -OCH3 is 1. The van der Waals surface area contributed by atoms with Crippen molar-refractivity contribution >= 4 is 11.9 Å². The van der Waals surface area contributed by atoms with Gasteiger partial charge in [0.05, 0.1) is 13.5 Å². The molecule has 0 atom stereocenters. The summed E-state index contributed by atoms with van der Waals surface area (Å²) in [5.74, 6) is 0.869. The molecule has 25 heavy (non-hydrogen) atoms. The predicted molar refractivity (Wildman–Crippen MR) is 98.0 cm³/mol. The number of amides is 3. The molecule has 3 amide bonds. The summed E-state index contributed by atoms with van der Waals surface area (Å²) in [6.45, 7) is 9.03. The Morgan fingerprint density at radius 1 is 1.12 bits per heavy atom. The Bertz CT molecular complexity index is 623. The van der Waals surface area contributed by atoms with Crippen molar-refractivity contribution in [2.45, 2.75) is 33.6 Å². The number of aryl methyl sites for hydroxylation is 2. The van der Waals surface area contributed by atoms with Crippen LogP contribution in [0.1, 0.15) is 30.0 Å². The summed E-state index contributed by atoms with van der Waals surface area (Å²) in [6, 6.07) is 4.03. The van der Waals surface area contributed by atoms with Crippen molar-refractivity contribution in [3.63, 3.8) is 0 Å². The Balaban J connectivity index is 1.94. The molecule has 2 rings (SSSR count). The number of piperazine rings is 1. The van der Waals surface area contributed by atoms with Gasteiger partial charge in [-0.15, -0.1) is 0 Å². The molecule has 0 saturated carbocycles. The van der Waals surface area contributed by atoms with Gasteiger partial charge in [-0.25, -0.2) is 4.79 Å². The van der Waals surface area contributed by atoms with Gasteiger partial charge < -0.3 is 19.9 Å². The van der Waals surface area contributed by atoms with E-state index in [-0.39, 0.29) is 11.9 Å². The number of carbonyl (C=O) groups is 2. The summed E-state index contributed by atoms with van der Waals surface area (Å²) in [5.41, 5.74) is 3.09. The minimum absolute atomic E-state index is 0.0371. The van der Waals surface area contributed by atoms with Crippen LogP contribution >= 0.6 is 0 Å². The van der Waals surface area contributed by atoms with E-state index in [1.807, 2.05) is 31.7 Å². The van der Waals surface area contributed by atoms with Crippen LogP contribution in [0.25, 0.3) is 0 Å². The number of rotatable bonds is 5. The maximum Gasteiger partial charge on any atom is 0.317 e. The van der Waals surface area contributed by atoms with Gasteiger partial charge in [0.1, 0.15) is 5.75 Å². The van der Waals surface area contributed by atoms with E-state index in [0.29, 0.717) is 39.1 Å². The number of carbonyl (C=O) groups excluding carboxylic acids is 2. The Morgan fingerprint density at radius 2 is 1.76 bits per heavy atom. The van der Waals surface area contributed by atoms with Crippen LogP contribution < -0.4 is 10.1 Å². The van der Waals surface area contributed by atoms with Crippen LogP contribution in [-0.4, -0.2) is 61.6 Å². The monoisotopic (exact) mass is 347 g/mol. The van der Waals surface area contributed by atoms with Crippen LogP contribution in [0.15, 0.2) is 12.1 Å². The van der Waals surface area contributed by atoms with E-state index < -0.39 is 0 Å². The van der Waals surface area contributed by atoms with Crippen molar-refractivity contribution in [1.29, 1.82) is 0 Å². The minimum Gasteiger partial charge on any atom is -0.496 e. The molecule has 1 aliphatic heterocycles. The molecule has 1 heterocycles. The SMILES string of the molecule is CCCNC(=O)N1CCN(C(=O)Cc2cc(C)cc(C)c2OC)CC1. The van der Waals surface area contributed by atoms with Gasteiger partial charge in [0, 0.05) is 38.3 Å². The molecule has 1 fully saturated rings. The molecule has 1 aromatic carbocycles. The highest BCUT2D eigenvalue weighted by Crippen LogP contribution is 2.26. The summed E-state index contributed by atoms with van der Waals surface area (Å²) in [6.07, 6.45) is 1.25. The average molecular weight is 347 g/mol. The topological polar surface area (TPSA) is 61.9 Å². The lowest BCUT2D eigenvalue weighted by molar-refractivity contribution is -0.131. The second-order valence-electron chi connectivity index (χ2n) is 6.55. The van der Waals surface area contributed by atoms with Crippen molar-refractivity contribution in [2.24, 2.45) is 0 Å². The highest BCUT2D eigenvalue weighted by molar-refractivity contribution is 5.80. The summed E-state index contributed by atoms with van der Waals surface area (Å²) in [4.78, 5) is 28.2. The molecule has 6 heteroatoms. The Kier molecular flexibility index (Phi) is 6.67. The number of nitrogens with one attached hydrogen (secondary N) is 1. The third-order valence-corrected chi connectivity index (χ3v) is 4.49. The molecule has 6 nitrogen and oxygen atoms in total. The number of nitrogens with zero attached hydrogens (tertiary/aromatic N) is 2. The molecule has 0 spiro atoms. The van der Waals surface area contributed by atoms with Gasteiger partial charge in [0.25, 0.3) is 0 Å². The molecule has 1 aliphatic rings. The largest absolute Gasteiger partial charge is 0.496 e. The van der Waals surface area contributed by atoms with Crippen LogP contribution in [0, 0.1) is 13.8 Å². The van der Waals surface area contributed by atoms with E-state index >= 15 is 0 Å². The third-order valence-electron chi connectivity index (χ3n) is 4.49. The second kappa shape index (κ2) is 8.74. The van der Waals surface area contributed by atoms with Crippen molar-refractivity contribution in [3.05, 3.63) is 28.8 Å². The molecule has 1 saturated heterocycles. The first-order chi connectivity index (χ1) is 12.0. The van der Waals surface area contributed by atoms with E-state index in [2.05, 4.69) is 11.4 Å². The zero-order valence-corrected chi connectivity index (χ0v) is 15.7. The predicted octanol–water partition coefficient (Wildman–Crippen LogP) is 2.12. The zero-order chi connectivity index (χ0) is 18.4. The molecule has 1 aromatic rings. The molecule has 0 aliphatic carbocycles. The smallest absolute Gasteiger partial charge is 0.317 e. The highest BCUT2D eigenvalue weighted by Gasteiger charge is 2.24. The number of benzene rings is 1. The van der Waals surface area contributed by atoms with E-state index in [4.69, 9.17) is 4.74 Å². The zero-order valence-electron chi connectivity index (χ0n) is 15.7. The fourth-order valence-corrected chi connectivity index (χ4v) is 3.24. The van der Waals surface area contributed by atoms with Gasteiger partial charge in [0.15, 0.2) is 0 Å². The summed E-state index contributed by atoms with van der Waals surface area (Å²) >= 11 is 0. The summed E-state index contributed by atoms with van der Waals surface area (Å²) < 4.78 is 5.47. The number of hydrogen-bond donors (Lipinski definition) is 1. The van der Waals surface area contributed by atoms with Crippen LogP contribution in [0.4, 0.5) is 4.79 Å². The van der Waals surface area contributed by atoms with Crippen molar-refractivity contribution < 1.29 is 14.3 Å². The van der Waals surface area contributed by atoms with Crippen molar-refractivity contribution in [2.75, 3.05) is 39.8 Å². The fraction of sp³-hybridized carbons (Fsp3) is 0.579. The second-order valence-corrected chi connectivity index (χ2v) is 6.55. The van der Waals surface area contributed by atoms with Crippen LogP contribution in [0.3, 0.4) is 0 Å². The quantitative estimate of drug-likeness (QED) is 0.887. The standard InChI is InChI=1S/C19H29N3O3/c1-5-6-20-19(24)22-9-7-21(8-10-22)17(23)13-16-12-14(2)11-15(3)18(16)25-4/h11-12H,5-10,13H2,1-4H3,(H,20,24). The van der Waals surface area contributed by atoms with Gasteiger partial charge in [-0.2, -0.15) is 0 Å². The molecule has 0 aromatic heterocycles. The van der Waals surface area contributed by atoms with Gasteiger partial charge in [-0.3, -0.25) is 4.79 Å². The molecule has 0 unspecified atom stereocenters. The Morgan fingerprint density at radius 3 is 2.36 bits per heavy atom. The highest BCUT2D eigenvalue weighted by atomic mass is 16.5. The van der Waals surface area contributed by atoms with Crippen molar-refractivity contribution in [3.8, 4) is 5.75 Å². The molecule has 0 bridgehead atoms. The van der Waals surface area contributed by atoms with Gasteiger partial charge in [0.2, 0.25) is 5.91 Å². The van der Waals surface area contributed by atoms with E-state index in [0.717, 1.165) is 28.9 Å². The van der Waals surface area contributed by atoms with Crippen molar-refractivity contribution in [1.82, 2.24) is 15.1 Å². The maximum absolute atomic E-state index is 12.7. The lowest BCUT2D eigenvalue weighted by Crippen LogP contribution is -2.53. The first kappa shape index (κ1) is 19.1. The first-order valence-corrected chi connectivity index (χ1v) is 8.91. The van der Waals surface area contributed by atoms with Gasteiger partial charge in [-0.05, 0) is 25.8 Å². The van der Waals surface area contributed by atoms with Gasteiger partial charge in [-0.1, -0.05) is 24.6 Å². The molecule has 138 valence electrons. The van der Waals surface area contributed by atoms with E-state index in [9.17, 15) is 9.59 Å². The third kappa shape index (κ3) is 4.87. The lowest BCUT2D eigenvalue weighted by Gasteiger charge is -2.35. The molecule has 1 N–H and O–H groups in total. The summed E-state index contributed by atoms with van der Waals surface area (Å²) in [5, 5.41) is 2.88. The first-order valence-electron chi connectivity index (χ1n) is 8.91. The van der Waals surface area contributed by atoms with E-state index in [1.165, 1.54) is 0 Å². The molecular weight excluding hydrogens is 318 g/mol. The van der Waals surface area contributed by atoms with Crippen LogP contribution in [0.5, 0.6) is 5.75 Å². The van der Waals surface area contributed by atoms with Gasteiger partial charge >= 0.3 is 6.03 Å². The minimum atomic E-state index is -0.0371. The lowest BCUT2D eigenvalue weighted by atomic mass is 10.0. The summed E-state index contributed by atoms with van der Waals surface area (Å²) in [7, 11) is 1.64. The Hall–Kier alpha value is -2.24. The molecule has 0 radical (unpaired) electrons. The van der Waals surface area contributed by atoms with Crippen LogP contribution in [0.2, 0.25) is 0 Å². The fourth-order valence-electron chi connectivity index (χ4n) is 3.24. The number of urea groups is 1. The van der Waals surface area contributed by atoms with Crippen LogP contribution in [-0.2, 0) is 11.2 Å². The normalized spacial score (nSPS) is 14.4. The van der Waals surface area contributed by atoms with E-state index in [1.54, 1.807) is 12.0 Å². The Labute approximate surface area is 150 Å². The number of hydrogen-bond acceptors (Lipinski definition) is 3. The average Bonchev–Trinajstić information content (AvgIpc) is 2.59.